The monoisotopic (exact) mass is 356 g/mol. The summed E-state index contributed by atoms with van der Waals surface area (Å²) in [6.45, 7) is 4.13. The SMILES string of the molecule is CCCCn1c(SC(C)C(=O)Nc2ccc(F)cc2F)n[nH]c1=O. The lowest BCUT2D eigenvalue weighted by molar-refractivity contribution is -0.115. The molecule has 0 bridgehead atoms. The smallest absolute Gasteiger partial charge is 0.323 e. The van der Waals surface area contributed by atoms with E-state index in [9.17, 15) is 18.4 Å². The number of thioether (sulfide) groups is 1. The third kappa shape index (κ3) is 4.44. The van der Waals surface area contributed by atoms with Crippen LogP contribution in [0.25, 0.3) is 0 Å². The molecular weight excluding hydrogens is 338 g/mol. The number of hydrogen-bond acceptors (Lipinski definition) is 4. The largest absolute Gasteiger partial charge is 0.343 e. The highest BCUT2D eigenvalue weighted by molar-refractivity contribution is 8.00. The number of H-pyrrole nitrogens is 1. The van der Waals surface area contributed by atoms with Gasteiger partial charge in [-0.1, -0.05) is 25.1 Å². The molecule has 6 nitrogen and oxygen atoms in total. The molecule has 0 radical (unpaired) electrons. The molecule has 1 aromatic carbocycles. The van der Waals surface area contributed by atoms with Gasteiger partial charge in [0.1, 0.15) is 11.6 Å². The molecule has 2 N–H and O–H groups in total. The van der Waals surface area contributed by atoms with Crippen LogP contribution in [0.1, 0.15) is 26.7 Å². The maximum Gasteiger partial charge on any atom is 0.343 e. The number of nitrogens with one attached hydrogen (secondary N) is 2. The molecule has 0 aliphatic rings. The number of anilines is 1. The van der Waals surface area contributed by atoms with E-state index in [1.807, 2.05) is 6.92 Å². The van der Waals surface area contributed by atoms with Gasteiger partial charge < -0.3 is 5.32 Å². The lowest BCUT2D eigenvalue weighted by atomic mass is 10.3. The van der Waals surface area contributed by atoms with Crippen molar-refractivity contribution in [1.82, 2.24) is 14.8 Å². The highest BCUT2D eigenvalue weighted by Crippen LogP contribution is 2.22. The van der Waals surface area contributed by atoms with Crippen molar-refractivity contribution in [3.63, 3.8) is 0 Å². The van der Waals surface area contributed by atoms with Crippen molar-refractivity contribution in [1.29, 1.82) is 0 Å². The van der Waals surface area contributed by atoms with E-state index in [1.54, 1.807) is 6.92 Å². The molecule has 2 rings (SSSR count). The number of hydrogen-bond donors (Lipinski definition) is 2. The summed E-state index contributed by atoms with van der Waals surface area (Å²) in [6.07, 6.45) is 1.73. The minimum absolute atomic E-state index is 0.0979. The molecule has 0 aliphatic carbocycles. The Morgan fingerprint density at radius 1 is 1.46 bits per heavy atom. The van der Waals surface area contributed by atoms with Crippen LogP contribution in [0, 0.1) is 11.6 Å². The van der Waals surface area contributed by atoms with Crippen molar-refractivity contribution in [2.75, 3.05) is 5.32 Å². The molecule has 9 heteroatoms. The Balaban J connectivity index is 2.05. The summed E-state index contributed by atoms with van der Waals surface area (Å²) < 4.78 is 27.9. The van der Waals surface area contributed by atoms with Crippen LogP contribution in [0.4, 0.5) is 14.5 Å². The Bertz CT molecular complexity index is 775. The Labute approximate surface area is 141 Å². The summed E-state index contributed by atoms with van der Waals surface area (Å²) in [5, 5.41) is 8.45. The minimum atomic E-state index is -0.847. The summed E-state index contributed by atoms with van der Waals surface area (Å²) in [7, 11) is 0. The van der Waals surface area contributed by atoms with Crippen molar-refractivity contribution in [2.45, 2.75) is 43.6 Å². The number of benzene rings is 1. The van der Waals surface area contributed by atoms with Crippen LogP contribution in [0.15, 0.2) is 28.2 Å². The van der Waals surface area contributed by atoms with E-state index < -0.39 is 22.8 Å². The molecular formula is C15H18F2N4O2S. The van der Waals surface area contributed by atoms with Crippen molar-refractivity contribution in [3.8, 4) is 0 Å². The van der Waals surface area contributed by atoms with Gasteiger partial charge in [0.15, 0.2) is 5.16 Å². The van der Waals surface area contributed by atoms with Crippen molar-refractivity contribution < 1.29 is 13.6 Å². The Morgan fingerprint density at radius 2 is 2.21 bits per heavy atom. The van der Waals surface area contributed by atoms with Gasteiger partial charge in [-0.3, -0.25) is 9.36 Å². The zero-order valence-electron chi connectivity index (χ0n) is 13.3. The molecule has 1 amide bonds. The Morgan fingerprint density at radius 3 is 2.88 bits per heavy atom. The quantitative estimate of drug-likeness (QED) is 0.748. The molecule has 0 saturated heterocycles. The minimum Gasteiger partial charge on any atom is -0.323 e. The predicted octanol–water partition coefficient (Wildman–Crippen LogP) is 2.77. The summed E-state index contributed by atoms with van der Waals surface area (Å²) in [5.41, 5.74) is -0.428. The number of halogens is 2. The normalized spacial score (nSPS) is 12.2. The topological polar surface area (TPSA) is 79.8 Å². The predicted molar refractivity (Wildman–Crippen MR) is 88.1 cm³/mol. The van der Waals surface area contributed by atoms with E-state index in [0.717, 1.165) is 36.7 Å². The lowest BCUT2D eigenvalue weighted by Crippen LogP contribution is -2.24. The second kappa shape index (κ2) is 8.09. The van der Waals surface area contributed by atoms with E-state index in [1.165, 1.54) is 4.57 Å². The number of unbranched alkanes of at least 4 members (excludes halogenated alkanes) is 1. The molecule has 1 atom stereocenters. The van der Waals surface area contributed by atoms with E-state index >= 15 is 0 Å². The number of aromatic nitrogens is 3. The standard InChI is InChI=1S/C15H18F2N4O2S/c1-3-4-7-21-14(23)19-20-15(21)24-9(2)13(22)18-12-6-5-10(16)8-11(12)17/h5-6,8-9H,3-4,7H2,1-2H3,(H,18,22)(H,19,23). The first-order valence-corrected chi connectivity index (χ1v) is 8.38. The first-order valence-electron chi connectivity index (χ1n) is 7.50. The molecule has 0 fully saturated rings. The molecule has 1 heterocycles. The molecule has 0 aliphatic heterocycles. The molecule has 24 heavy (non-hydrogen) atoms. The Hall–Kier alpha value is -2.16. The van der Waals surface area contributed by atoms with Gasteiger partial charge >= 0.3 is 5.69 Å². The van der Waals surface area contributed by atoms with Crippen LogP contribution in [-0.2, 0) is 11.3 Å². The van der Waals surface area contributed by atoms with Gasteiger partial charge in [0, 0.05) is 12.6 Å². The maximum absolute atomic E-state index is 13.6. The van der Waals surface area contributed by atoms with Crippen molar-refractivity contribution >= 4 is 23.4 Å². The average Bonchev–Trinajstić information content (AvgIpc) is 2.88. The van der Waals surface area contributed by atoms with Gasteiger partial charge in [-0.25, -0.2) is 18.7 Å². The molecule has 1 unspecified atom stereocenters. The van der Waals surface area contributed by atoms with E-state index in [-0.39, 0.29) is 11.4 Å². The zero-order chi connectivity index (χ0) is 17.7. The van der Waals surface area contributed by atoms with Crippen LogP contribution in [-0.4, -0.2) is 25.9 Å². The fraction of sp³-hybridized carbons (Fsp3) is 0.400. The maximum atomic E-state index is 13.6. The molecule has 130 valence electrons. The Kier molecular flexibility index (Phi) is 6.13. The summed E-state index contributed by atoms with van der Waals surface area (Å²) >= 11 is 1.09. The number of carbonyl (C=O) groups is 1. The average molecular weight is 356 g/mol. The fourth-order valence-electron chi connectivity index (χ4n) is 1.94. The van der Waals surface area contributed by atoms with E-state index in [0.29, 0.717) is 17.8 Å². The van der Waals surface area contributed by atoms with Crippen LogP contribution in [0.3, 0.4) is 0 Å². The second-order valence-electron chi connectivity index (χ2n) is 5.19. The number of aromatic amines is 1. The van der Waals surface area contributed by atoms with Gasteiger partial charge in [-0.2, -0.15) is 0 Å². The second-order valence-corrected chi connectivity index (χ2v) is 6.50. The molecule has 1 aromatic heterocycles. The first-order chi connectivity index (χ1) is 11.4. The summed E-state index contributed by atoms with van der Waals surface area (Å²) in [5.74, 6) is -2.03. The number of amides is 1. The summed E-state index contributed by atoms with van der Waals surface area (Å²) in [4.78, 5) is 23.9. The lowest BCUT2D eigenvalue weighted by Gasteiger charge is -2.12. The van der Waals surface area contributed by atoms with Gasteiger partial charge in [0.25, 0.3) is 0 Å². The van der Waals surface area contributed by atoms with Gasteiger partial charge in [0.2, 0.25) is 5.91 Å². The number of nitrogens with zero attached hydrogens (tertiary/aromatic N) is 2. The van der Waals surface area contributed by atoms with Crippen LogP contribution in [0.5, 0.6) is 0 Å². The molecule has 0 spiro atoms. The highest BCUT2D eigenvalue weighted by Gasteiger charge is 2.20. The van der Waals surface area contributed by atoms with E-state index in [2.05, 4.69) is 15.5 Å². The fourth-order valence-corrected chi connectivity index (χ4v) is 2.83. The van der Waals surface area contributed by atoms with Crippen LogP contribution in [0.2, 0.25) is 0 Å². The number of carbonyl (C=O) groups excluding carboxylic acids is 1. The van der Waals surface area contributed by atoms with E-state index in [4.69, 9.17) is 0 Å². The summed E-state index contributed by atoms with van der Waals surface area (Å²) in [6, 6.07) is 2.92. The van der Waals surface area contributed by atoms with Crippen LogP contribution >= 0.6 is 11.8 Å². The van der Waals surface area contributed by atoms with Crippen molar-refractivity contribution in [2.24, 2.45) is 0 Å². The van der Waals surface area contributed by atoms with Crippen LogP contribution < -0.4 is 11.0 Å². The highest BCUT2D eigenvalue weighted by atomic mass is 32.2. The third-order valence-corrected chi connectivity index (χ3v) is 4.39. The third-order valence-electron chi connectivity index (χ3n) is 3.30. The first kappa shape index (κ1) is 18.2. The molecule has 0 saturated carbocycles. The number of rotatable bonds is 7. The van der Waals surface area contributed by atoms with Gasteiger partial charge in [0.05, 0.1) is 10.9 Å². The van der Waals surface area contributed by atoms with Crippen molar-refractivity contribution in [3.05, 3.63) is 40.3 Å². The zero-order valence-corrected chi connectivity index (χ0v) is 14.1. The van der Waals surface area contributed by atoms with Gasteiger partial charge in [-0.05, 0) is 25.5 Å². The molecule has 2 aromatic rings. The van der Waals surface area contributed by atoms with Gasteiger partial charge in [-0.15, -0.1) is 5.10 Å².